The number of hydrogen-bond donors (Lipinski definition) is 0. The molecule has 0 N–H and O–H groups in total. The fraction of sp³-hybridized carbons (Fsp3) is 0.400. The summed E-state index contributed by atoms with van der Waals surface area (Å²) in [6, 6.07) is 5.67. The molecule has 13 heavy (non-hydrogen) atoms. The molecule has 0 nitrogen and oxygen atoms in total. The first-order valence-corrected chi connectivity index (χ1v) is 5.37. The molecular weight excluding hydrogens is 226 g/mol. The molecular formula is C10H11Cl3. The largest absolute Gasteiger partial charge is 0.123 e. The van der Waals surface area contributed by atoms with Crippen LogP contribution in [0.2, 0.25) is 10.0 Å². The summed E-state index contributed by atoms with van der Waals surface area (Å²) in [6.07, 6.45) is 1.80. The molecule has 0 amide bonds. The molecule has 1 unspecified atom stereocenters. The van der Waals surface area contributed by atoms with E-state index in [1.54, 1.807) is 6.07 Å². The quantitative estimate of drug-likeness (QED) is 0.677. The second-order valence-electron chi connectivity index (χ2n) is 3.03. The molecule has 1 atom stereocenters. The Balaban J connectivity index is 2.71. The Morgan fingerprint density at radius 2 is 2.00 bits per heavy atom. The van der Waals surface area contributed by atoms with Crippen LogP contribution < -0.4 is 0 Å². The lowest BCUT2D eigenvalue weighted by Gasteiger charge is -2.06. The van der Waals surface area contributed by atoms with E-state index in [2.05, 4.69) is 0 Å². The molecule has 0 fully saturated rings. The van der Waals surface area contributed by atoms with Crippen molar-refractivity contribution in [3.8, 4) is 0 Å². The monoisotopic (exact) mass is 236 g/mol. The van der Waals surface area contributed by atoms with Gasteiger partial charge in [0.05, 0.1) is 10.0 Å². The third-order valence-corrected chi connectivity index (χ3v) is 2.92. The van der Waals surface area contributed by atoms with E-state index in [0.29, 0.717) is 10.0 Å². The summed E-state index contributed by atoms with van der Waals surface area (Å²) in [5.74, 6) is 0. The zero-order chi connectivity index (χ0) is 9.84. The van der Waals surface area contributed by atoms with E-state index in [1.165, 1.54) is 0 Å². The van der Waals surface area contributed by atoms with Crippen molar-refractivity contribution in [2.75, 3.05) is 0 Å². The van der Waals surface area contributed by atoms with Gasteiger partial charge in [-0.1, -0.05) is 35.3 Å². The molecule has 72 valence electrons. The lowest BCUT2D eigenvalue weighted by molar-refractivity contribution is 0.803. The smallest absolute Gasteiger partial charge is 0.0624 e. The van der Waals surface area contributed by atoms with Crippen LogP contribution in [0.25, 0.3) is 0 Å². The Morgan fingerprint density at radius 1 is 1.31 bits per heavy atom. The van der Waals surface area contributed by atoms with Crippen LogP contribution in [0.1, 0.15) is 18.9 Å². The molecule has 0 aliphatic carbocycles. The zero-order valence-electron chi connectivity index (χ0n) is 7.36. The SMILES string of the molecule is CC(Cl)CCc1cccc(Cl)c1Cl. The van der Waals surface area contributed by atoms with Crippen molar-refractivity contribution in [1.82, 2.24) is 0 Å². The Morgan fingerprint density at radius 3 is 2.62 bits per heavy atom. The van der Waals surface area contributed by atoms with Crippen molar-refractivity contribution in [2.45, 2.75) is 25.1 Å². The number of halogens is 3. The Labute approximate surface area is 93.8 Å². The number of alkyl halides is 1. The fourth-order valence-electron chi connectivity index (χ4n) is 1.10. The van der Waals surface area contributed by atoms with Gasteiger partial charge in [-0.3, -0.25) is 0 Å². The van der Waals surface area contributed by atoms with Crippen LogP contribution >= 0.6 is 34.8 Å². The van der Waals surface area contributed by atoms with Gasteiger partial charge in [-0.2, -0.15) is 0 Å². The van der Waals surface area contributed by atoms with E-state index in [1.807, 2.05) is 19.1 Å². The number of aryl methyl sites for hydroxylation is 1. The molecule has 0 saturated carbocycles. The second kappa shape index (κ2) is 5.09. The molecule has 1 rings (SSSR count). The third kappa shape index (κ3) is 3.38. The van der Waals surface area contributed by atoms with Gasteiger partial charge in [-0.15, -0.1) is 11.6 Å². The van der Waals surface area contributed by atoms with Crippen molar-refractivity contribution >= 4 is 34.8 Å². The molecule has 3 heteroatoms. The van der Waals surface area contributed by atoms with Gasteiger partial charge in [-0.05, 0) is 31.4 Å². The number of hydrogen-bond acceptors (Lipinski definition) is 0. The Bertz CT molecular complexity index is 281. The Hall–Kier alpha value is 0.0900. The van der Waals surface area contributed by atoms with Crippen molar-refractivity contribution in [2.24, 2.45) is 0 Å². The number of rotatable bonds is 3. The first kappa shape index (κ1) is 11.2. The van der Waals surface area contributed by atoms with Gasteiger partial charge in [0.2, 0.25) is 0 Å². The van der Waals surface area contributed by atoms with Gasteiger partial charge in [0, 0.05) is 5.38 Å². The maximum Gasteiger partial charge on any atom is 0.0624 e. The minimum atomic E-state index is 0.176. The van der Waals surface area contributed by atoms with Crippen LogP contribution in [0, 0.1) is 0 Å². The minimum Gasteiger partial charge on any atom is -0.123 e. The van der Waals surface area contributed by atoms with Gasteiger partial charge >= 0.3 is 0 Å². The minimum absolute atomic E-state index is 0.176. The van der Waals surface area contributed by atoms with Crippen LogP contribution in [0.3, 0.4) is 0 Å². The van der Waals surface area contributed by atoms with Crippen molar-refractivity contribution in [3.63, 3.8) is 0 Å². The number of benzene rings is 1. The molecule has 0 aromatic heterocycles. The van der Waals surface area contributed by atoms with Crippen LogP contribution in [-0.2, 0) is 6.42 Å². The van der Waals surface area contributed by atoms with Gasteiger partial charge in [0.25, 0.3) is 0 Å². The molecule has 0 radical (unpaired) electrons. The molecule has 0 aliphatic rings. The lowest BCUT2D eigenvalue weighted by Crippen LogP contribution is -1.95. The maximum atomic E-state index is 6.00. The molecule has 1 aromatic carbocycles. The summed E-state index contributed by atoms with van der Waals surface area (Å²) >= 11 is 17.7. The molecule has 1 aromatic rings. The third-order valence-electron chi connectivity index (χ3n) is 1.84. The molecule has 0 heterocycles. The normalized spacial score (nSPS) is 12.9. The zero-order valence-corrected chi connectivity index (χ0v) is 9.63. The van der Waals surface area contributed by atoms with Crippen LogP contribution in [0.4, 0.5) is 0 Å². The van der Waals surface area contributed by atoms with Crippen molar-refractivity contribution < 1.29 is 0 Å². The van der Waals surface area contributed by atoms with E-state index in [4.69, 9.17) is 34.8 Å². The van der Waals surface area contributed by atoms with E-state index >= 15 is 0 Å². The summed E-state index contributed by atoms with van der Waals surface area (Å²) < 4.78 is 0. The first-order chi connectivity index (χ1) is 6.11. The summed E-state index contributed by atoms with van der Waals surface area (Å²) in [6.45, 7) is 1.97. The topological polar surface area (TPSA) is 0 Å². The summed E-state index contributed by atoms with van der Waals surface area (Å²) in [4.78, 5) is 0. The average Bonchev–Trinajstić information content (AvgIpc) is 2.07. The van der Waals surface area contributed by atoms with E-state index in [-0.39, 0.29) is 5.38 Å². The van der Waals surface area contributed by atoms with Gasteiger partial charge in [0.1, 0.15) is 0 Å². The summed E-state index contributed by atoms with van der Waals surface area (Å²) in [5, 5.41) is 1.44. The van der Waals surface area contributed by atoms with E-state index < -0.39 is 0 Å². The predicted molar refractivity (Wildman–Crippen MR) is 60.1 cm³/mol. The maximum absolute atomic E-state index is 6.00. The molecule has 0 aliphatic heterocycles. The van der Waals surface area contributed by atoms with E-state index in [9.17, 15) is 0 Å². The van der Waals surface area contributed by atoms with Gasteiger partial charge in [0.15, 0.2) is 0 Å². The van der Waals surface area contributed by atoms with Crippen LogP contribution in [0.5, 0.6) is 0 Å². The molecule has 0 saturated heterocycles. The van der Waals surface area contributed by atoms with Crippen LogP contribution in [0.15, 0.2) is 18.2 Å². The highest BCUT2D eigenvalue weighted by Gasteiger charge is 2.05. The lowest BCUT2D eigenvalue weighted by atomic mass is 10.1. The van der Waals surface area contributed by atoms with Gasteiger partial charge < -0.3 is 0 Å². The Kier molecular flexibility index (Phi) is 4.37. The first-order valence-electron chi connectivity index (χ1n) is 4.18. The highest BCUT2D eigenvalue weighted by Crippen LogP contribution is 2.26. The second-order valence-corrected chi connectivity index (χ2v) is 4.56. The standard InChI is InChI=1S/C10H11Cl3/c1-7(11)5-6-8-3-2-4-9(12)10(8)13/h2-4,7H,5-6H2,1H3. The highest BCUT2D eigenvalue weighted by molar-refractivity contribution is 6.42. The van der Waals surface area contributed by atoms with Crippen LogP contribution in [-0.4, -0.2) is 5.38 Å². The summed E-state index contributed by atoms with van der Waals surface area (Å²) in [7, 11) is 0. The predicted octanol–water partition coefficient (Wildman–Crippen LogP) is 4.55. The van der Waals surface area contributed by atoms with Crippen molar-refractivity contribution in [1.29, 1.82) is 0 Å². The van der Waals surface area contributed by atoms with E-state index in [0.717, 1.165) is 18.4 Å². The van der Waals surface area contributed by atoms with Gasteiger partial charge in [-0.25, -0.2) is 0 Å². The molecule has 0 bridgehead atoms. The van der Waals surface area contributed by atoms with Crippen molar-refractivity contribution in [3.05, 3.63) is 33.8 Å². The summed E-state index contributed by atoms with van der Waals surface area (Å²) in [5.41, 5.74) is 1.07. The highest BCUT2D eigenvalue weighted by atomic mass is 35.5. The fourth-order valence-corrected chi connectivity index (χ4v) is 1.62. The molecule has 0 spiro atoms. The average molecular weight is 238 g/mol.